The second kappa shape index (κ2) is 4.74. The van der Waals surface area contributed by atoms with E-state index in [1.165, 1.54) is 11.1 Å². The van der Waals surface area contributed by atoms with Crippen LogP contribution in [0.4, 0.5) is 0 Å². The van der Waals surface area contributed by atoms with E-state index in [1.807, 2.05) is 6.07 Å². The van der Waals surface area contributed by atoms with Gasteiger partial charge in [-0.15, -0.1) is 0 Å². The molecule has 0 unspecified atom stereocenters. The van der Waals surface area contributed by atoms with Crippen molar-refractivity contribution < 1.29 is 4.79 Å². The van der Waals surface area contributed by atoms with Gasteiger partial charge >= 0.3 is 0 Å². The summed E-state index contributed by atoms with van der Waals surface area (Å²) in [5.74, 6) is 0.563. The molecule has 0 aliphatic carbocycles. The first-order valence-corrected chi connectivity index (χ1v) is 7.94. The topological polar surface area (TPSA) is 32.3 Å². The molecule has 4 rings (SSSR count). The van der Waals surface area contributed by atoms with Gasteiger partial charge in [-0.25, -0.2) is 0 Å². The fraction of sp³-hybridized carbons (Fsp3) is 0.562. The smallest absolute Gasteiger partial charge is 0.227 e. The zero-order chi connectivity index (χ0) is 13.7. The minimum Gasteiger partial charge on any atom is -0.335 e. The van der Waals surface area contributed by atoms with Crippen LogP contribution in [0.2, 0.25) is 5.02 Å². The third-order valence-corrected chi connectivity index (χ3v) is 5.36. The van der Waals surface area contributed by atoms with Crippen molar-refractivity contribution in [2.24, 2.45) is 5.92 Å². The lowest BCUT2D eigenvalue weighted by Gasteiger charge is -2.48. The van der Waals surface area contributed by atoms with E-state index >= 15 is 0 Å². The first kappa shape index (κ1) is 12.7. The molecular formula is C16H19ClN2O. The average molecular weight is 291 g/mol. The summed E-state index contributed by atoms with van der Waals surface area (Å²) >= 11 is 6.10. The number of piperidine rings is 2. The standard InChI is InChI=1S/C16H19ClN2O/c17-11-3-4-12-10(8-11)5-7-19-15(12)9-14-13(16(19)20)2-1-6-18-14/h3-4,8,13-15,18H,1-2,5-7,9H2/t13-,14-,15-/m0/s1. The number of halogens is 1. The molecule has 3 atom stereocenters. The Labute approximate surface area is 124 Å². The number of fused-ring (bicyclic) bond motifs is 4. The van der Waals surface area contributed by atoms with Gasteiger partial charge in [-0.2, -0.15) is 0 Å². The molecule has 0 spiro atoms. The van der Waals surface area contributed by atoms with Crippen LogP contribution in [0, 0.1) is 5.92 Å². The monoisotopic (exact) mass is 290 g/mol. The molecule has 0 saturated carbocycles. The van der Waals surface area contributed by atoms with Crippen LogP contribution >= 0.6 is 11.6 Å². The van der Waals surface area contributed by atoms with Crippen molar-refractivity contribution in [3.63, 3.8) is 0 Å². The Bertz CT molecular complexity index is 559. The van der Waals surface area contributed by atoms with E-state index in [-0.39, 0.29) is 12.0 Å². The van der Waals surface area contributed by atoms with Gasteiger partial charge in [0, 0.05) is 17.6 Å². The first-order chi connectivity index (χ1) is 9.74. The predicted octanol–water partition coefficient (Wildman–Crippen LogP) is 2.54. The lowest BCUT2D eigenvalue weighted by Crippen LogP contribution is -2.57. The Balaban J connectivity index is 1.71. The maximum atomic E-state index is 12.7. The van der Waals surface area contributed by atoms with Crippen molar-refractivity contribution >= 4 is 17.5 Å². The number of carbonyl (C=O) groups excluding carboxylic acids is 1. The summed E-state index contributed by atoms with van der Waals surface area (Å²) in [5.41, 5.74) is 2.63. The van der Waals surface area contributed by atoms with E-state index in [2.05, 4.69) is 22.3 Å². The number of nitrogens with one attached hydrogen (secondary N) is 1. The Kier molecular flexibility index (Phi) is 3.00. The number of rotatable bonds is 0. The van der Waals surface area contributed by atoms with Gasteiger partial charge in [0.2, 0.25) is 5.91 Å². The molecule has 0 radical (unpaired) electrons. The molecule has 1 aromatic carbocycles. The highest BCUT2D eigenvalue weighted by molar-refractivity contribution is 6.30. The molecule has 1 aromatic rings. The molecule has 3 heterocycles. The number of carbonyl (C=O) groups is 1. The summed E-state index contributed by atoms with van der Waals surface area (Å²) in [7, 11) is 0. The van der Waals surface area contributed by atoms with E-state index in [9.17, 15) is 4.79 Å². The summed E-state index contributed by atoms with van der Waals surface area (Å²) in [6.07, 6.45) is 4.15. The highest BCUT2D eigenvalue weighted by atomic mass is 35.5. The maximum Gasteiger partial charge on any atom is 0.227 e. The number of hydrogen-bond donors (Lipinski definition) is 1. The van der Waals surface area contributed by atoms with E-state index in [0.717, 1.165) is 43.8 Å². The normalized spacial score (nSPS) is 32.4. The Morgan fingerprint density at radius 3 is 3.15 bits per heavy atom. The Morgan fingerprint density at radius 2 is 2.25 bits per heavy atom. The summed E-state index contributed by atoms with van der Waals surface area (Å²) in [4.78, 5) is 14.8. The van der Waals surface area contributed by atoms with Gasteiger partial charge in [-0.3, -0.25) is 4.79 Å². The van der Waals surface area contributed by atoms with Crippen LogP contribution in [0.25, 0.3) is 0 Å². The Morgan fingerprint density at radius 1 is 1.35 bits per heavy atom. The van der Waals surface area contributed by atoms with Crippen molar-refractivity contribution in [3.05, 3.63) is 34.3 Å². The van der Waals surface area contributed by atoms with Crippen LogP contribution in [-0.4, -0.2) is 29.9 Å². The molecule has 106 valence electrons. The van der Waals surface area contributed by atoms with Crippen molar-refractivity contribution in [3.8, 4) is 0 Å². The van der Waals surface area contributed by atoms with Crippen molar-refractivity contribution in [1.29, 1.82) is 0 Å². The summed E-state index contributed by atoms with van der Waals surface area (Å²) in [6.45, 7) is 1.90. The molecule has 4 heteroatoms. The van der Waals surface area contributed by atoms with Crippen LogP contribution in [0.3, 0.4) is 0 Å². The number of hydrogen-bond acceptors (Lipinski definition) is 2. The number of nitrogens with zero attached hydrogens (tertiary/aromatic N) is 1. The van der Waals surface area contributed by atoms with Gasteiger partial charge in [-0.1, -0.05) is 17.7 Å². The molecule has 2 saturated heterocycles. The lowest BCUT2D eigenvalue weighted by molar-refractivity contribution is -0.145. The zero-order valence-corrected chi connectivity index (χ0v) is 12.2. The fourth-order valence-corrected chi connectivity index (χ4v) is 4.34. The third kappa shape index (κ3) is 1.87. The lowest BCUT2D eigenvalue weighted by atomic mass is 9.77. The average Bonchev–Trinajstić information content (AvgIpc) is 2.47. The molecule has 3 nitrogen and oxygen atoms in total. The van der Waals surface area contributed by atoms with Crippen LogP contribution in [0.5, 0.6) is 0 Å². The quantitative estimate of drug-likeness (QED) is 0.796. The van der Waals surface area contributed by atoms with E-state index in [0.29, 0.717) is 11.9 Å². The van der Waals surface area contributed by atoms with Gasteiger partial charge in [0.1, 0.15) is 0 Å². The number of amides is 1. The summed E-state index contributed by atoms with van der Waals surface area (Å²) in [5, 5.41) is 4.35. The van der Waals surface area contributed by atoms with Gasteiger partial charge in [-0.05, 0) is 55.5 Å². The largest absolute Gasteiger partial charge is 0.335 e. The molecule has 2 fully saturated rings. The molecule has 1 N–H and O–H groups in total. The predicted molar refractivity (Wildman–Crippen MR) is 78.7 cm³/mol. The highest BCUT2D eigenvalue weighted by Gasteiger charge is 2.44. The number of benzene rings is 1. The van der Waals surface area contributed by atoms with Gasteiger partial charge < -0.3 is 10.2 Å². The van der Waals surface area contributed by atoms with Crippen molar-refractivity contribution in [1.82, 2.24) is 10.2 Å². The minimum atomic E-state index is 0.203. The molecule has 3 aliphatic rings. The van der Waals surface area contributed by atoms with Gasteiger partial charge in [0.05, 0.1) is 12.0 Å². The molecular weight excluding hydrogens is 272 g/mol. The van der Waals surface area contributed by atoms with Crippen LogP contribution in [0.15, 0.2) is 18.2 Å². The van der Waals surface area contributed by atoms with E-state index < -0.39 is 0 Å². The SMILES string of the molecule is O=C1[C@H]2CCCN[C@H]2C[C@H]2c3ccc(Cl)cc3CCN12. The van der Waals surface area contributed by atoms with Crippen LogP contribution < -0.4 is 5.32 Å². The molecule has 3 aliphatic heterocycles. The molecule has 20 heavy (non-hydrogen) atoms. The van der Waals surface area contributed by atoms with Crippen LogP contribution in [-0.2, 0) is 11.2 Å². The van der Waals surface area contributed by atoms with E-state index in [4.69, 9.17) is 11.6 Å². The molecule has 0 bridgehead atoms. The minimum absolute atomic E-state index is 0.203. The summed E-state index contributed by atoms with van der Waals surface area (Å²) < 4.78 is 0. The summed E-state index contributed by atoms with van der Waals surface area (Å²) in [6, 6.07) is 6.74. The van der Waals surface area contributed by atoms with Crippen molar-refractivity contribution in [2.75, 3.05) is 13.1 Å². The molecule has 0 aromatic heterocycles. The van der Waals surface area contributed by atoms with Crippen molar-refractivity contribution in [2.45, 2.75) is 37.8 Å². The first-order valence-electron chi connectivity index (χ1n) is 7.56. The second-order valence-electron chi connectivity index (χ2n) is 6.19. The van der Waals surface area contributed by atoms with E-state index in [1.54, 1.807) is 0 Å². The maximum absolute atomic E-state index is 12.7. The fourth-order valence-electron chi connectivity index (χ4n) is 4.15. The van der Waals surface area contributed by atoms with Gasteiger partial charge in [0.25, 0.3) is 0 Å². The van der Waals surface area contributed by atoms with Gasteiger partial charge in [0.15, 0.2) is 0 Å². The molecule has 1 amide bonds. The highest BCUT2D eigenvalue weighted by Crippen LogP contribution is 2.41. The zero-order valence-electron chi connectivity index (χ0n) is 11.4. The van der Waals surface area contributed by atoms with Crippen LogP contribution in [0.1, 0.15) is 36.4 Å². The third-order valence-electron chi connectivity index (χ3n) is 5.12. The second-order valence-corrected chi connectivity index (χ2v) is 6.62. The Hall–Kier alpha value is -1.06.